The summed E-state index contributed by atoms with van der Waals surface area (Å²) >= 11 is 1.70. The van der Waals surface area contributed by atoms with E-state index in [1.165, 1.54) is 11.8 Å². The van der Waals surface area contributed by atoms with E-state index in [0.717, 1.165) is 28.9 Å². The number of esters is 1. The van der Waals surface area contributed by atoms with Gasteiger partial charge in [-0.05, 0) is 30.5 Å². The van der Waals surface area contributed by atoms with Gasteiger partial charge in [0.05, 0.1) is 22.3 Å². The van der Waals surface area contributed by atoms with Crippen LogP contribution in [0.3, 0.4) is 0 Å². The van der Waals surface area contributed by atoms with Crippen LogP contribution in [-0.2, 0) is 16.0 Å². The first-order chi connectivity index (χ1) is 14.6. The summed E-state index contributed by atoms with van der Waals surface area (Å²) in [6, 6.07) is 16.8. The minimum absolute atomic E-state index is 0.215. The molecule has 30 heavy (non-hydrogen) atoms. The molecule has 6 nitrogen and oxygen atoms in total. The first kappa shape index (κ1) is 20.3. The number of hydrogen-bond acceptors (Lipinski definition) is 5. The minimum atomic E-state index is -0.715. The largest absolute Gasteiger partial charge is 0.467 e. The third-order valence-corrected chi connectivity index (χ3v) is 6.63. The highest BCUT2D eigenvalue weighted by Gasteiger charge is 2.30. The van der Waals surface area contributed by atoms with E-state index < -0.39 is 12.0 Å². The number of thiazole rings is 1. The highest BCUT2D eigenvalue weighted by atomic mass is 32.1. The van der Waals surface area contributed by atoms with E-state index in [9.17, 15) is 9.59 Å². The maximum absolute atomic E-state index is 13.0. The zero-order chi connectivity index (χ0) is 20.9. The maximum Gasteiger partial charge on any atom is 0.328 e. The molecular weight excluding hydrogens is 398 g/mol. The number of methoxy groups -OCH3 is 1. The van der Waals surface area contributed by atoms with Crippen molar-refractivity contribution in [3.8, 4) is 0 Å². The van der Waals surface area contributed by atoms with Gasteiger partial charge >= 0.3 is 12.0 Å². The van der Waals surface area contributed by atoms with Gasteiger partial charge in [0.2, 0.25) is 0 Å². The van der Waals surface area contributed by atoms with Crippen LogP contribution in [0.5, 0.6) is 0 Å². The lowest BCUT2D eigenvalue weighted by Crippen LogP contribution is -2.51. The second kappa shape index (κ2) is 9.26. The van der Waals surface area contributed by atoms with Crippen molar-refractivity contribution in [3.63, 3.8) is 0 Å². The lowest BCUT2D eigenvalue weighted by Gasteiger charge is -2.32. The number of nitrogens with zero attached hydrogens (tertiary/aromatic N) is 2. The smallest absolute Gasteiger partial charge is 0.328 e. The molecule has 1 saturated heterocycles. The van der Waals surface area contributed by atoms with Crippen molar-refractivity contribution < 1.29 is 14.3 Å². The molecule has 0 spiro atoms. The number of urea groups is 1. The number of ether oxygens (including phenoxy) is 1. The van der Waals surface area contributed by atoms with Crippen LogP contribution < -0.4 is 5.32 Å². The molecule has 0 radical (unpaired) electrons. The molecule has 1 unspecified atom stereocenters. The minimum Gasteiger partial charge on any atom is -0.467 e. The summed E-state index contributed by atoms with van der Waals surface area (Å²) in [5.41, 5.74) is 1.98. The maximum atomic E-state index is 13.0. The molecule has 2 atom stereocenters. The fourth-order valence-corrected chi connectivity index (χ4v) is 4.95. The Bertz CT molecular complexity index is 988. The third-order valence-electron chi connectivity index (χ3n) is 5.43. The number of rotatable bonds is 5. The molecule has 1 aliphatic rings. The number of hydrogen-bond donors (Lipinski definition) is 1. The van der Waals surface area contributed by atoms with Crippen molar-refractivity contribution in [1.29, 1.82) is 0 Å². The van der Waals surface area contributed by atoms with E-state index in [0.29, 0.717) is 19.5 Å². The molecule has 0 saturated carbocycles. The van der Waals surface area contributed by atoms with Crippen molar-refractivity contribution in [2.75, 3.05) is 20.2 Å². The summed E-state index contributed by atoms with van der Waals surface area (Å²) in [4.78, 5) is 31.8. The quantitative estimate of drug-likeness (QED) is 0.631. The summed E-state index contributed by atoms with van der Waals surface area (Å²) in [6.45, 7) is 1.28. The standard InChI is InChI=1S/C23H25N3O3S/c1-29-22(27)19(14-16-8-3-2-4-9-16)25-23(28)26-13-7-10-17(15-26)21-24-18-11-5-6-12-20(18)30-21/h2-6,8-9,11-12,17,19H,7,10,13-15H2,1H3,(H,25,28)/t17?,19-/m0/s1. The number of amides is 2. The van der Waals surface area contributed by atoms with Gasteiger partial charge in [0.25, 0.3) is 0 Å². The molecule has 0 bridgehead atoms. The van der Waals surface area contributed by atoms with E-state index in [1.807, 2.05) is 48.5 Å². The second-order valence-corrected chi connectivity index (χ2v) is 8.58. The fraction of sp³-hybridized carbons (Fsp3) is 0.348. The summed E-state index contributed by atoms with van der Waals surface area (Å²) in [5, 5.41) is 3.95. The molecule has 2 heterocycles. The Morgan fingerprint density at radius 2 is 1.97 bits per heavy atom. The zero-order valence-electron chi connectivity index (χ0n) is 16.9. The van der Waals surface area contributed by atoms with Crippen LogP contribution in [0.1, 0.15) is 29.3 Å². The Balaban J connectivity index is 1.44. The van der Waals surface area contributed by atoms with E-state index in [-0.39, 0.29) is 11.9 Å². The van der Waals surface area contributed by atoms with Gasteiger partial charge in [-0.25, -0.2) is 14.6 Å². The zero-order valence-corrected chi connectivity index (χ0v) is 17.7. The van der Waals surface area contributed by atoms with Gasteiger partial charge in [0, 0.05) is 25.4 Å². The Labute approximate surface area is 179 Å². The van der Waals surface area contributed by atoms with Gasteiger partial charge in [-0.15, -0.1) is 11.3 Å². The monoisotopic (exact) mass is 423 g/mol. The molecule has 156 valence electrons. The van der Waals surface area contributed by atoms with E-state index in [1.54, 1.807) is 16.2 Å². The molecule has 2 amide bonds. The van der Waals surface area contributed by atoms with Crippen LogP contribution in [0, 0.1) is 0 Å². The summed E-state index contributed by atoms with van der Waals surface area (Å²) < 4.78 is 6.09. The van der Waals surface area contributed by atoms with Gasteiger partial charge in [-0.3, -0.25) is 0 Å². The number of likely N-dealkylation sites (tertiary alicyclic amines) is 1. The van der Waals surface area contributed by atoms with Crippen molar-refractivity contribution in [2.24, 2.45) is 0 Å². The van der Waals surface area contributed by atoms with Gasteiger partial charge < -0.3 is 15.0 Å². The van der Waals surface area contributed by atoms with Crippen LogP contribution >= 0.6 is 11.3 Å². The van der Waals surface area contributed by atoms with Gasteiger partial charge in [0.1, 0.15) is 6.04 Å². The molecule has 0 aliphatic carbocycles. The van der Waals surface area contributed by atoms with Gasteiger partial charge in [-0.1, -0.05) is 42.5 Å². The lowest BCUT2D eigenvalue weighted by molar-refractivity contribution is -0.142. The summed E-state index contributed by atoms with van der Waals surface area (Å²) in [5.74, 6) is -0.223. The molecule has 1 aliphatic heterocycles. The topological polar surface area (TPSA) is 71.5 Å². The molecule has 2 aromatic carbocycles. The average molecular weight is 424 g/mol. The number of nitrogens with one attached hydrogen (secondary N) is 1. The Kier molecular flexibility index (Phi) is 6.28. The predicted molar refractivity (Wildman–Crippen MR) is 118 cm³/mol. The van der Waals surface area contributed by atoms with E-state index in [4.69, 9.17) is 9.72 Å². The van der Waals surface area contributed by atoms with Crippen LogP contribution in [0.4, 0.5) is 4.79 Å². The number of carbonyl (C=O) groups is 2. The predicted octanol–water partition coefficient (Wildman–Crippen LogP) is 3.97. The first-order valence-corrected chi connectivity index (χ1v) is 11.0. The number of para-hydroxylation sites is 1. The number of aromatic nitrogens is 1. The van der Waals surface area contributed by atoms with Crippen LogP contribution in [0.25, 0.3) is 10.2 Å². The number of piperidine rings is 1. The van der Waals surface area contributed by atoms with Crippen LogP contribution in [0.15, 0.2) is 54.6 Å². The average Bonchev–Trinajstić information content (AvgIpc) is 3.23. The highest BCUT2D eigenvalue weighted by Crippen LogP contribution is 2.32. The van der Waals surface area contributed by atoms with Crippen molar-refractivity contribution in [3.05, 3.63) is 65.2 Å². The van der Waals surface area contributed by atoms with Crippen LogP contribution in [0.2, 0.25) is 0 Å². The molecular formula is C23H25N3O3S. The Morgan fingerprint density at radius 1 is 1.20 bits per heavy atom. The highest BCUT2D eigenvalue weighted by molar-refractivity contribution is 7.18. The van der Waals surface area contributed by atoms with Crippen molar-refractivity contribution in [1.82, 2.24) is 15.2 Å². The third kappa shape index (κ3) is 4.62. The normalized spacial score (nSPS) is 17.5. The molecule has 3 aromatic rings. The number of benzene rings is 2. The molecule has 7 heteroatoms. The Morgan fingerprint density at radius 3 is 2.73 bits per heavy atom. The molecule has 4 rings (SSSR count). The second-order valence-electron chi connectivity index (χ2n) is 7.52. The van der Waals surface area contributed by atoms with Crippen LogP contribution in [-0.4, -0.2) is 48.1 Å². The SMILES string of the molecule is COC(=O)[C@H](Cc1ccccc1)NC(=O)N1CCCC(c2nc3ccccc3s2)C1. The number of carbonyl (C=O) groups excluding carboxylic acids is 2. The van der Waals surface area contributed by atoms with Gasteiger partial charge in [-0.2, -0.15) is 0 Å². The summed E-state index contributed by atoms with van der Waals surface area (Å²) in [6.07, 6.45) is 2.32. The number of fused-ring (bicyclic) bond motifs is 1. The molecule has 1 fully saturated rings. The molecule has 1 aromatic heterocycles. The van der Waals surface area contributed by atoms with Crippen molar-refractivity contribution in [2.45, 2.75) is 31.2 Å². The van der Waals surface area contributed by atoms with Gasteiger partial charge in [0.15, 0.2) is 0 Å². The van der Waals surface area contributed by atoms with Crippen molar-refractivity contribution >= 4 is 33.6 Å². The molecule has 1 N–H and O–H groups in total. The summed E-state index contributed by atoms with van der Waals surface area (Å²) in [7, 11) is 1.34. The van der Waals surface area contributed by atoms with E-state index >= 15 is 0 Å². The first-order valence-electron chi connectivity index (χ1n) is 10.2. The Hall–Kier alpha value is -2.93. The lowest BCUT2D eigenvalue weighted by atomic mass is 9.99. The fourth-order valence-electron chi connectivity index (χ4n) is 3.85. The van der Waals surface area contributed by atoms with E-state index in [2.05, 4.69) is 11.4 Å².